The van der Waals surface area contributed by atoms with Crippen LogP contribution in [-0.4, -0.2) is 10.9 Å². The Morgan fingerprint density at radius 3 is 2.83 bits per heavy atom. The monoisotopic (exact) mass is 280 g/mol. The van der Waals surface area contributed by atoms with Crippen LogP contribution in [0.25, 0.3) is 11.3 Å². The fourth-order valence-corrected chi connectivity index (χ4v) is 2.61. The summed E-state index contributed by atoms with van der Waals surface area (Å²) in [6.07, 6.45) is 0. The van der Waals surface area contributed by atoms with Gasteiger partial charge in [0.1, 0.15) is 0 Å². The predicted octanol–water partition coefficient (Wildman–Crippen LogP) is 4.21. The van der Waals surface area contributed by atoms with Crippen LogP contribution in [0, 0.1) is 5.92 Å². The number of hydrogen-bond donors (Lipinski definition) is 1. The van der Waals surface area contributed by atoms with Crippen LogP contribution in [0.5, 0.6) is 0 Å². The third-order valence-corrected chi connectivity index (χ3v) is 3.67. The second kappa shape index (κ2) is 6.32. The van der Waals surface area contributed by atoms with Crippen molar-refractivity contribution < 1.29 is 0 Å². The number of nitrogens with zero attached hydrogens (tertiary/aromatic N) is 1. The van der Waals surface area contributed by atoms with Crippen molar-refractivity contribution in [3.8, 4) is 11.3 Å². The maximum Gasteiger partial charge on any atom is 0.0858 e. The average molecular weight is 281 g/mol. The van der Waals surface area contributed by atoms with E-state index < -0.39 is 0 Å². The molecule has 0 unspecified atom stereocenters. The van der Waals surface area contributed by atoms with Crippen molar-refractivity contribution in [1.29, 1.82) is 0 Å². The summed E-state index contributed by atoms with van der Waals surface area (Å²) >= 11 is 7.70. The van der Waals surface area contributed by atoms with Gasteiger partial charge in [0.05, 0.1) is 5.69 Å². The van der Waals surface area contributed by atoms with Crippen LogP contribution < -0.4 is 5.32 Å². The Bertz CT molecular complexity index is 508. The van der Waals surface area contributed by atoms with E-state index in [9.17, 15) is 0 Å². The van der Waals surface area contributed by atoms with Crippen molar-refractivity contribution in [3.05, 3.63) is 40.2 Å². The summed E-state index contributed by atoms with van der Waals surface area (Å²) in [5.74, 6) is 0.668. The van der Waals surface area contributed by atoms with Crippen LogP contribution in [0.15, 0.2) is 30.3 Å². The maximum atomic E-state index is 6.16. The van der Waals surface area contributed by atoms with Gasteiger partial charge in [-0.3, -0.25) is 0 Å². The van der Waals surface area contributed by atoms with Gasteiger partial charge in [-0.1, -0.05) is 43.6 Å². The topological polar surface area (TPSA) is 24.9 Å². The molecule has 0 saturated heterocycles. The van der Waals surface area contributed by atoms with Gasteiger partial charge < -0.3 is 5.32 Å². The summed E-state index contributed by atoms with van der Waals surface area (Å²) in [4.78, 5) is 1.24. The first-order valence-corrected chi connectivity index (χ1v) is 7.23. The molecule has 0 radical (unpaired) electrons. The van der Waals surface area contributed by atoms with Gasteiger partial charge in [0.15, 0.2) is 0 Å². The van der Waals surface area contributed by atoms with Crippen LogP contribution >= 0.6 is 23.1 Å². The summed E-state index contributed by atoms with van der Waals surface area (Å²) in [6.45, 7) is 6.31. The molecule has 1 aromatic carbocycles. The molecule has 1 aromatic heterocycles. The van der Waals surface area contributed by atoms with Crippen LogP contribution in [0.2, 0.25) is 5.02 Å². The van der Waals surface area contributed by atoms with E-state index in [4.69, 9.17) is 11.6 Å². The number of halogens is 1. The highest BCUT2D eigenvalue weighted by atomic mass is 35.5. The molecule has 0 aliphatic heterocycles. The molecule has 0 fully saturated rings. The zero-order valence-electron chi connectivity index (χ0n) is 10.6. The number of nitrogens with one attached hydrogen (secondary N) is 1. The maximum absolute atomic E-state index is 6.16. The first-order chi connectivity index (χ1) is 8.66. The van der Waals surface area contributed by atoms with Gasteiger partial charge in [-0.2, -0.15) is 4.37 Å². The highest BCUT2D eigenvalue weighted by Gasteiger charge is 2.07. The van der Waals surface area contributed by atoms with Crippen LogP contribution in [0.4, 0.5) is 0 Å². The molecular weight excluding hydrogens is 264 g/mol. The molecule has 96 valence electrons. The van der Waals surface area contributed by atoms with Gasteiger partial charge in [0.25, 0.3) is 0 Å². The average Bonchev–Trinajstić information content (AvgIpc) is 2.78. The number of rotatable bonds is 5. The van der Waals surface area contributed by atoms with E-state index in [1.807, 2.05) is 24.3 Å². The highest BCUT2D eigenvalue weighted by Crippen LogP contribution is 2.28. The third-order valence-electron chi connectivity index (χ3n) is 2.56. The molecule has 1 N–H and O–H groups in total. The number of aromatic nitrogens is 1. The molecule has 0 atom stereocenters. The minimum absolute atomic E-state index is 0.668. The summed E-state index contributed by atoms with van der Waals surface area (Å²) in [5, 5.41) is 4.17. The lowest BCUT2D eigenvalue weighted by atomic mass is 10.1. The Kier molecular flexibility index (Phi) is 4.75. The Balaban J connectivity index is 2.04. The Labute approximate surface area is 117 Å². The van der Waals surface area contributed by atoms with Gasteiger partial charge in [-0.25, -0.2) is 0 Å². The molecule has 18 heavy (non-hydrogen) atoms. The second-order valence-corrected chi connectivity index (χ2v) is 5.98. The molecule has 2 aromatic rings. The van der Waals surface area contributed by atoms with Crippen molar-refractivity contribution in [1.82, 2.24) is 9.69 Å². The van der Waals surface area contributed by atoms with E-state index in [0.717, 1.165) is 29.4 Å². The van der Waals surface area contributed by atoms with Crippen molar-refractivity contribution in [2.24, 2.45) is 5.92 Å². The number of benzene rings is 1. The first kappa shape index (κ1) is 13.5. The van der Waals surface area contributed by atoms with E-state index in [2.05, 4.69) is 29.6 Å². The van der Waals surface area contributed by atoms with Crippen LogP contribution in [-0.2, 0) is 6.54 Å². The molecule has 4 heteroatoms. The van der Waals surface area contributed by atoms with Crippen molar-refractivity contribution >= 4 is 23.1 Å². The molecule has 0 aliphatic carbocycles. The largest absolute Gasteiger partial charge is 0.312 e. The lowest BCUT2D eigenvalue weighted by Crippen LogP contribution is -2.18. The van der Waals surface area contributed by atoms with Crippen molar-refractivity contribution in [3.63, 3.8) is 0 Å². The molecule has 2 rings (SSSR count). The Hall–Kier alpha value is -0.900. The van der Waals surface area contributed by atoms with Gasteiger partial charge in [-0.15, -0.1) is 0 Å². The third kappa shape index (κ3) is 3.55. The Morgan fingerprint density at radius 2 is 2.11 bits per heavy atom. The SMILES string of the molecule is CC(C)CNCc1cc(-c2ccccc2Cl)ns1. The van der Waals surface area contributed by atoms with Crippen molar-refractivity contribution in [2.45, 2.75) is 20.4 Å². The summed E-state index contributed by atoms with van der Waals surface area (Å²) in [7, 11) is 0. The molecule has 0 spiro atoms. The molecular formula is C14H17ClN2S. The molecule has 0 bridgehead atoms. The molecule has 2 nitrogen and oxygen atoms in total. The van der Waals surface area contributed by atoms with Crippen LogP contribution in [0.1, 0.15) is 18.7 Å². The molecule has 0 saturated carbocycles. The predicted molar refractivity (Wildman–Crippen MR) is 79.1 cm³/mol. The minimum Gasteiger partial charge on any atom is -0.312 e. The lowest BCUT2D eigenvalue weighted by Gasteiger charge is -2.04. The zero-order chi connectivity index (χ0) is 13.0. The lowest BCUT2D eigenvalue weighted by molar-refractivity contribution is 0.555. The second-order valence-electron chi connectivity index (χ2n) is 4.68. The van der Waals surface area contributed by atoms with Gasteiger partial charge in [0.2, 0.25) is 0 Å². The fraction of sp³-hybridized carbons (Fsp3) is 0.357. The number of hydrogen-bond acceptors (Lipinski definition) is 3. The summed E-state index contributed by atoms with van der Waals surface area (Å²) < 4.78 is 4.46. The molecule has 0 amide bonds. The highest BCUT2D eigenvalue weighted by molar-refractivity contribution is 7.06. The van der Waals surface area contributed by atoms with E-state index in [1.54, 1.807) is 0 Å². The van der Waals surface area contributed by atoms with Crippen LogP contribution in [0.3, 0.4) is 0 Å². The summed E-state index contributed by atoms with van der Waals surface area (Å²) in [6, 6.07) is 9.93. The van der Waals surface area contributed by atoms with Gasteiger partial charge in [0, 0.05) is 22.0 Å². The first-order valence-electron chi connectivity index (χ1n) is 6.08. The van der Waals surface area contributed by atoms with Gasteiger partial charge in [-0.05, 0) is 36.1 Å². The van der Waals surface area contributed by atoms with Crippen molar-refractivity contribution in [2.75, 3.05) is 6.54 Å². The van der Waals surface area contributed by atoms with E-state index in [1.165, 1.54) is 16.4 Å². The summed E-state index contributed by atoms with van der Waals surface area (Å²) in [5.41, 5.74) is 1.97. The standard InChI is InChI=1S/C14H17ClN2S/c1-10(2)8-16-9-11-7-14(17-18-11)12-5-3-4-6-13(12)15/h3-7,10,16H,8-9H2,1-2H3. The van der Waals surface area contributed by atoms with E-state index in [0.29, 0.717) is 5.92 Å². The quantitative estimate of drug-likeness (QED) is 0.887. The zero-order valence-corrected chi connectivity index (χ0v) is 12.2. The molecule has 0 aliphatic rings. The van der Waals surface area contributed by atoms with E-state index in [-0.39, 0.29) is 0 Å². The fourth-order valence-electron chi connectivity index (χ4n) is 1.68. The minimum atomic E-state index is 0.668. The smallest absolute Gasteiger partial charge is 0.0858 e. The van der Waals surface area contributed by atoms with E-state index >= 15 is 0 Å². The Morgan fingerprint density at radius 1 is 1.33 bits per heavy atom. The van der Waals surface area contributed by atoms with Gasteiger partial charge >= 0.3 is 0 Å². The molecule has 1 heterocycles. The normalized spacial score (nSPS) is 11.1.